The third-order valence-corrected chi connectivity index (χ3v) is 4.24. The van der Waals surface area contributed by atoms with Crippen LogP contribution in [0.5, 0.6) is 0 Å². The van der Waals surface area contributed by atoms with Crippen LogP contribution in [0.2, 0.25) is 0 Å². The third kappa shape index (κ3) is 7.25. The van der Waals surface area contributed by atoms with Crippen molar-refractivity contribution in [2.45, 2.75) is 26.4 Å². The molecule has 0 unspecified atom stereocenters. The fraction of sp³-hybridized carbons (Fsp3) is 0.600. The molecule has 0 bridgehead atoms. The van der Waals surface area contributed by atoms with E-state index in [1.54, 1.807) is 0 Å². The van der Waals surface area contributed by atoms with Crippen molar-refractivity contribution in [2.24, 2.45) is 5.41 Å². The second-order valence-electron chi connectivity index (χ2n) is 6.18. The molecule has 1 fully saturated rings. The first-order chi connectivity index (χ1) is 12.5. The Balaban J connectivity index is 2.97. The number of carbonyl (C=O) groups is 6. The van der Waals surface area contributed by atoms with Crippen LogP contribution in [0, 0.1) is 5.41 Å². The molecule has 1 aliphatic heterocycles. The highest BCUT2D eigenvalue weighted by atomic mass is 32.2. The third-order valence-electron chi connectivity index (χ3n) is 3.40. The summed E-state index contributed by atoms with van der Waals surface area (Å²) < 4.78 is 9.59. The van der Waals surface area contributed by atoms with Gasteiger partial charge in [-0.2, -0.15) is 0 Å². The molecule has 1 saturated heterocycles. The minimum Gasteiger partial charge on any atom is -0.473 e. The average Bonchev–Trinajstić information content (AvgIpc) is 2.60. The van der Waals surface area contributed by atoms with E-state index in [0.717, 1.165) is 0 Å². The predicted octanol–water partition coefficient (Wildman–Crippen LogP) is -1.55. The van der Waals surface area contributed by atoms with E-state index in [9.17, 15) is 28.8 Å². The number of ether oxygens (including phenoxy) is 2. The van der Waals surface area contributed by atoms with Crippen LogP contribution in [0.1, 0.15) is 20.3 Å². The van der Waals surface area contributed by atoms with Gasteiger partial charge < -0.3 is 25.2 Å². The summed E-state index contributed by atoms with van der Waals surface area (Å²) in [5, 5.41) is 12.5. The first-order valence-electron chi connectivity index (χ1n) is 7.87. The highest BCUT2D eigenvalue weighted by Crippen LogP contribution is 2.25. The summed E-state index contributed by atoms with van der Waals surface area (Å²) in [5.74, 6) is -5.65. The van der Waals surface area contributed by atoms with Gasteiger partial charge in [0.25, 0.3) is 11.0 Å². The molecule has 150 valence electrons. The van der Waals surface area contributed by atoms with Gasteiger partial charge in [0.15, 0.2) is 6.10 Å². The highest BCUT2D eigenvalue weighted by molar-refractivity contribution is 8.15. The van der Waals surface area contributed by atoms with E-state index < -0.39 is 47.1 Å². The molecule has 0 aliphatic carbocycles. The Hall–Kier alpha value is -2.63. The van der Waals surface area contributed by atoms with Crippen molar-refractivity contribution in [1.82, 2.24) is 10.6 Å². The average molecular weight is 404 g/mol. The summed E-state index contributed by atoms with van der Waals surface area (Å²) in [7, 11) is 0. The number of hydrogen-bond donors (Lipinski definition) is 3. The molecule has 2 amide bonds. The van der Waals surface area contributed by atoms with Gasteiger partial charge in [0.2, 0.25) is 5.91 Å². The predicted molar refractivity (Wildman–Crippen MR) is 90.4 cm³/mol. The van der Waals surface area contributed by atoms with Crippen LogP contribution >= 0.6 is 11.8 Å². The maximum atomic E-state index is 12.4. The first-order valence-corrected chi connectivity index (χ1v) is 8.85. The van der Waals surface area contributed by atoms with Gasteiger partial charge in [-0.05, 0) is 0 Å². The molecular weight excluding hydrogens is 384 g/mol. The summed E-state index contributed by atoms with van der Waals surface area (Å²) in [6.07, 6.45) is -1.58. The highest BCUT2D eigenvalue weighted by Gasteiger charge is 2.41. The fourth-order valence-corrected chi connectivity index (χ4v) is 2.54. The Morgan fingerprint density at radius 1 is 1.22 bits per heavy atom. The number of rotatable bonds is 3. The molecule has 0 aromatic carbocycles. The molecular formula is C15H20N2O9S. The maximum Gasteiger partial charge on any atom is 0.417 e. The molecule has 1 heterocycles. The van der Waals surface area contributed by atoms with Gasteiger partial charge in [-0.15, -0.1) is 0 Å². The molecule has 3 N–H and O–H groups in total. The Labute approximate surface area is 158 Å². The Morgan fingerprint density at radius 3 is 2.52 bits per heavy atom. The summed E-state index contributed by atoms with van der Waals surface area (Å²) in [5.41, 5.74) is -1.35. The summed E-state index contributed by atoms with van der Waals surface area (Å²) in [4.78, 5) is 69.4. The molecule has 0 aromatic rings. The lowest BCUT2D eigenvalue weighted by molar-refractivity contribution is -0.173. The smallest absolute Gasteiger partial charge is 0.417 e. The Kier molecular flexibility index (Phi) is 8.22. The van der Waals surface area contributed by atoms with Gasteiger partial charge in [0, 0.05) is 30.7 Å². The van der Waals surface area contributed by atoms with Crippen molar-refractivity contribution < 1.29 is 43.3 Å². The molecule has 1 rings (SSSR count). The Morgan fingerprint density at radius 2 is 1.89 bits per heavy atom. The number of thioether (sulfide) groups is 1. The first kappa shape index (κ1) is 22.4. The van der Waals surface area contributed by atoms with Crippen LogP contribution in [0.3, 0.4) is 0 Å². The summed E-state index contributed by atoms with van der Waals surface area (Å²) >= 11 is 0.621. The number of amides is 2. The number of carboxylic acids is 1. The molecule has 11 nitrogen and oxygen atoms in total. The van der Waals surface area contributed by atoms with Crippen LogP contribution in [0.25, 0.3) is 0 Å². The van der Waals surface area contributed by atoms with Crippen LogP contribution < -0.4 is 10.6 Å². The number of aliphatic carboxylic acids is 1. The van der Waals surface area contributed by atoms with Crippen molar-refractivity contribution in [2.75, 3.05) is 25.4 Å². The van der Waals surface area contributed by atoms with Gasteiger partial charge in [0.1, 0.15) is 6.61 Å². The number of esters is 2. The summed E-state index contributed by atoms with van der Waals surface area (Å²) in [6.45, 7) is 2.33. The molecule has 1 aliphatic rings. The SMILES string of the molecule is CC(C)(COC(=O)C(=O)O)[C@H]1OC(=O)C(=O)SCCNC(=O)CCNC1=O. The van der Waals surface area contributed by atoms with Gasteiger partial charge in [-0.1, -0.05) is 25.6 Å². The van der Waals surface area contributed by atoms with Gasteiger partial charge in [-0.25, -0.2) is 14.4 Å². The lowest BCUT2D eigenvalue weighted by atomic mass is 9.86. The second-order valence-corrected chi connectivity index (χ2v) is 7.25. The molecule has 12 heteroatoms. The van der Waals surface area contributed by atoms with E-state index in [1.807, 2.05) is 0 Å². The number of hydrogen-bond acceptors (Lipinski definition) is 9. The largest absolute Gasteiger partial charge is 0.473 e. The number of carboxylic acid groups (broad SMARTS) is 1. The number of cyclic esters (lactones) is 1. The van der Waals surface area contributed by atoms with Crippen LogP contribution in [-0.2, 0) is 38.2 Å². The normalized spacial score (nSPS) is 20.1. The maximum absolute atomic E-state index is 12.4. The van der Waals surface area contributed by atoms with Crippen molar-refractivity contribution in [3.8, 4) is 0 Å². The zero-order valence-electron chi connectivity index (χ0n) is 14.7. The Bertz CT molecular complexity index is 647. The monoisotopic (exact) mass is 404 g/mol. The van der Waals surface area contributed by atoms with Crippen LogP contribution in [-0.4, -0.2) is 71.5 Å². The molecule has 1 atom stereocenters. The van der Waals surface area contributed by atoms with Gasteiger partial charge in [0.05, 0.1) is 0 Å². The topological polar surface area (TPSA) is 165 Å². The van der Waals surface area contributed by atoms with E-state index in [-0.39, 0.29) is 31.2 Å². The molecule has 0 aromatic heterocycles. The van der Waals surface area contributed by atoms with Gasteiger partial charge >= 0.3 is 17.9 Å². The van der Waals surface area contributed by atoms with Crippen molar-refractivity contribution in [3.63, 3.8) is 0 Å². The lowest BCUT2D eigenvalue weighted by Gasteiger charge is -2.31. The standard InChI is InChI=1S/C15H20N2O9S/c1-15(2,7-25-12(22)11(20)21)9-10(19)17-4-3-8(18)16-5-6-27-14(24)13(23)26-9/h9H,3-7H2,1-2H3,(H,16,18)(H,17,19)(H,20,21)/t9-/m0/s1. The molecule has 0 saturated carbocycles. The zero-order chi connectivity index (χ0) is 20.6. The van der Waals surface area contributed by atoms with E-state index in [4.69, 9.17) is 9.84 Å². The van der Waals surface area contributed by atoms with Crippen LogP contribution in [0.15, 0.2) is 0 Å². The van der Waals surface area contributed by atoms with Crippen molar-refractivity contribution in [3.05, 3.63) is 0 Å². The quantitative estimate of drug-likeness (QED) is 0.370. The van der Waals surface area contributed by atoms with E-state index in [0.29, 0.717) is 11.8 Å². The minimum absolute atomic E-state index is 0.0283. The minimum atomic E-state index is -1.82. The van der Waals surface area contributed by atoms with Crippen molar-refractivity contribution in [1.29, 1.82) is 0 Å². The van der Waals surface area contributed by atoms with Crippen LogP contribution in [0.4, 0.5) is 0 Å². The number of nitrogens with one attached hydrogen (secondary N) is 2. The zero-order valence-corrected chi connectivity index (χ0v) is 15.6. The van der Waals surface area contributed by atoms with E-state index in [1.165, 1.54) is 13.8 Å². The summed E-state index contributed by atoms with van der Waals surface area (Å²) in [6, 6.07) is 0. The second kappa shape index (κ2) is 9.90. The molecule has 0 radical (unpaired) electrons. The van der Waals surface area contributed by atoms with Crippen molar-refractivity contribution >= 4 is 46.6 Å². The number of carbonyl (C=O) groups excluding carboxylic acids is 5. The van der Waals surface area contributed by atoms with E-state index in [2.05, 4.69) is 15.4 Å². The molecule has 0 spiro atoms. The molecule has 27 heavy (non-hydrogen) atoms. The fourth-order valence-electron chi connectivity index (χ4n) is 1.99. The van der Waals surface area contributed by atoms with E-state index >= 15 is 0 Å². The van der Waals surface area contributed by atoms with Gasteiger partial charge in [-0.3, -0.25) is 14.4 Å². The lowest BCUT2D eigenvalue weighted by Crippen LogP contribution is -2.50.